The molecule has 4 heteroatoms. The third-order valence-corrected chi connectivity index (χ3v) is 4.27. The molecule has 1 aliphatic heterocycles. The Balaban J connectivity index is 1.46. The maximum atomic E-state index is 5.82. The van der Waals surface area contributed by atoms with E-state index in [-0.39, 0.29) is 0 Å². The van der Waals surface area contributed by atoms with Gasteiger partial charge in [-0.15, -0.1) is 0 Å². The molecule has 2 rings (SSSR count). The quantitative estimate of drug-likeness (QED) is 0.536. The molecule has 0 bridgehead atoms. The summed E-state index contributed by atoms with van der Waals surface area (Å²) < 4.78 is 17.0. The second-order valence-electron chi connectivity index (χ2n) is 6.35. The number of nitrogens with one attached hydrogen (secondary N) is 1. The van der Waals surface area contributed by atoms with Gasteiger partial charge in [-0.2, -0.15) is 0 Å². The fraction of sp³-hybridized carbons (Fsp3) is 0.700. The van der Waals surface area contributed by atoms with Gasteiger partial charge in [-0.3, -0.25) is 0 Å². The summed E-state index contributed by atoms with van der Waals surface area (Å²) in [5.74, 6) is 2.30. The summed E-state index contributed by atoms with van der Waals surface area (Å²) in [6, 6.07) is 5.80. The van der Waals surface area contributed by atoms with Crippen LogP contribution in [0.2, 0.25) is 0 Å². The van der Waals surface area contributed by atoms with Crippen LogP contribution in [-0.2, 0) is 0 Å². The zero-order chi connectivity index (χ0) is 16.9. The molecule has 0 amide bonds. The largest absolute Gasteiger partial charge is 0.488 e. The lowest BCUT2D eigenvalue weighted by Crippen LogP contribution is -2.22. The topological polar surface area (TPSA) is 39.7 Å². The summed E-state index contributed by atoms with van der Waals surface area (Å²) in [4.78, 5) is 0. The summed E-state index contributed by atoms with van der Waals surface area (Å²) >= 11 is 0. The van der Waals surface area contributed by atoms with Gasteiger partial charge < -0.3 is 19.5 Å². The van der Waals surface area contributed by atoms with Gasteiger partial charge in [0.25, 0.3) is 0 Å². The molecule has 0 atom stereocenters. The van der Waals surface area contributed by atoms with Crippen LogP contribution in [0.3, 0.4) is 0 Å². The van der Waals surface area contributed by atoms with Gasteiger partial charge in [0.1, 0.15) is 19.8 Å². The van der Waals surface area contributed by atoms with Crippen LogP contribution in [0.5, 0.6) is 17.2 Å². The van der Waals surface area contributed by atoms with Crippen LogP contribution >= 0.6 is 0 Å². The van der Waals surface area contributed by atoms with Crippen molar-refractivity contribution in [1.29, 1.82) is 0 Å². The number of hydrogen-bond acceptors (Lipinski definition) is 4. The van der Waals surface area contributed by atoms with Gasteiger partial charge in [0.05, 0.1) is 0 Å². The van der Waals surface area contributed by atoms with E-state index >= 15 is 0 Å². The van der Waals surface area contributed by atoms with Crippen LogP contribution in [0.1, 0.15) is 58.3 Å². The highest BCUT2D eigenvalue weighted by Gasteiger charge is 2.16. The SMILES string of the molecule is CCCCCCCCCCNCCOc1cccc2c1OCCO2. The lowest BCUT2D eigenvalue weighted by Gasteiger charge is -2.20. The van der Waals surface area contributed by atoms with Crippen LogP contribution in [0.25, 0.3) is 0 Å². The van der Waals surface area contributed by atoms with Crippen LogP contribution in [0.15, 0.2) is 18.2 Å². The molecule has 1 aromatic carbocycles. The van der Waals surface area contributed by atoms with E-state index in [2.05, 4.69) is 12.2 Å². The Morgan fingerprint density at radius 2 is 1.67 bits per heavy atom. The molecule has 1 N–H and O–H groups in total. The van der Waals surface area contributed by atoms with Gasteiger partial charge in [-0.25, -0.2) is 0 Å². The van der Waals surface area contributed by atoms with Crippen molar-refractivity contribution in [2.75, 3.05) is 32.9 Å². The molecule has 136 valence electrons. The van der Waals surface area contributed by atoms with Crippen molar-refractivity contribution < 1.29 is 14.2 Å². The first-order valence-corrected chi connectivity index (χ1v) is 9.64. The van der Waals surface area contributed by atoms with Crippen LogP contribution in [-0.4, -0.2) is 32.9 Å². The summed E-state index contributed by atoms with van der Waals surface area (Å²) in [6.45, 7) is 6.05. The Morgan fingerprint density at radius 3 is 2.50 bits per heavy atom. The average Bonchev–Trinajstić information content (AvgIpc) is 2.63. The Hall–Kier alpha value is -1.42. The number of para-hydroxylation sites is 1. The van der Waals surface area contributed by atoms with Gasteiger partial charge in [-0.05, 0) is 25.1 Å². The van der Waals surface area contributed by atoms with Gasteiger partial charge in [0.2, 0.25) is 5.75 Å². The van der Waals surface area contributed by atoms with Crippen molar-refractivity contribution in [3.63, 3.8) is 0 Å². The predicted molar refractivity (Wildman–Crippen MR) is 98.4 cm³/mol. The van der Waals surface area contributed by atoms with E-state index in [0.717, 1.165) is 30.3 Å². The zero-order valence-corrected chi connectivity index (χ0v) is 15.1. The highest BCUT2D eigenvalue weighted by Crippen LogP contribution is 2.38. The van der Waals surface area contributed by atoms with Crippen molar-refractivity contribution in [2.24, 2.45) is 0 Å². The molecule has 0 radical (unpaired) electrons. The number of benzene rings is 1. The number of fused-ring (bicyclic) bond motifs is 1. The van der Waals surface area contributed by atoms with E-state index in [0.29, 0.717) is 19.8 Å². The minimum absolute atomic E-state index is 0.587. The molecule has 0 saturated heterocycles. The van der Waals surface area contributed by atoms with Crippen LogP contribution in [0.4, 0.5) is 0 Å². The smallest absolute Gasteiger partial charge is 0.203 e. The second-order valence-corrected chi connectivity index (χ2v) is 6.35. The third-order valence-electron chi connectivity index (χ3n) is 4.27. The fourth-order valence-corrected chi connectivity index (χ4v) is 2.90. The summed E-state index contributed by atoms with van der Waals surface area (Å²) in [5, 5.41) is 3.45. The van der Waals surface area contributed by atoms with Crippen molar-refractivity contribution >= 4 is 0 Å². The normalized spacial score (nSPS) is 13.0. The minimum atomic E-state index is 0.587. The maximum absolute atomic E-state index is 5.82. The highest BCUT2D eigenvalue weighted by atomic mass is 16.6. The molecular weight excluding hydrogens is 302 g/mol. The van der Waals surface area contributed by atoms with E-state index in [1.165, 1.54) is 51.4 Å². The Kier molecular flexibility index (Phi) is 9.47. The fourth-order valence-electron chi connectivity index (χ4n) is 2.90. The minimum Gasteiger partial charge on any atom is -0.488 e. The third kappa shape index (κ3) is 7.00. The molecule has 0 unspecified atom stereocenters. The molecule has 4 nitrogen and oxygen atoms in total. The molecule has 1 aromatic rings. The lowest BCUT2D eigenvalue weighted by molar-refractivity contribution is 0.162. The molecule has 0 fully saturated rings. The second kappa shape index (κ2) is 12.0. The van der Waals surface area contributed by atoms with E-state index in [1.54, 1.807) is 0 Å². The number of hydrogen-bond donors (Lipinski definition) is 1. The number of rotatable bonds is 13. The number of unbranched alkanes of at least 4 members (excludes halogenated alkanes) is 7. The summed E-state index contributed by atoms with van der Waals surface area (Å²) in [6.07, 6.45) is 10.9. The maximum Gasteiger partial charge on any atom is 0.203 e. The molecule has 24 heavy (non-hydrogen) atoms. The molecule has 0 aliphatic carbocycles. The van der Waals surface area contributed by atoms with Crippen molar-refractivity contribution in [2.45, 2.75) is 58.3 Å². The van der Waals surface area contributed by atoms with Gasteiger partial charge in [-0.1, -0.05) is 57.9 Å². The number of ether oxygens (including phenoxy) is 3. The molecule has 0 aromatic heterocycles. The van der Waals surface area contributed by atoms with Crippen LogP contribution < -0.4 is 19.5 Å². The summed E-state index contributed by atoms with van der Waals surface area (Å²) in [7, 11) is 0. The monoisotopic (exact) mass is 335 g/mol. The standard InChI is InChI=1S/C20H33NO3/c1-2-3-4-5-6-7-8-9-13-21-14-15-22-18-11-10-12-19-20(18)24-17-16-23-19/h10-12,21H,2-9,13-17H2,1H3. The molecule has 0 saturated carbocycles. The first kappa shape index (κ1) is 18.9. The molecule has 0 spiro atoms. The highest BCUT2D eigenvalue weighted by molar-refractivity contribution is 5.51. The zero-order valence-electron chi connectivity index (χ0n) is 15.1. The molecule has 1 aliphatic rings. The first-order valence-electron chi connectivity index (χ1n) is 9.64. The van der Waals surface area contributed by atoms with E-state index in [1.807, 2.05) is 18.2 Å². The van der Waals surface area contributed by atoms with Crippen molar-refractivity contribution in [3.05, 3.63) is 18.2 Å². The molecular formula is C20H33NO3. The van der Waals surface area contributed by atoms with Gasteiger partial charge in [0.15, 0.2) is 11.5 Å². The van der Waals surface area contributed by atoms with Gasteiger partial charge in [0, 0.05) is 6.54 Å². The van der Waals surface area contributed by atoms with Gasteiger partial charge >= 0.3 is 0 Å². The Bertz CT molecular complexity index is 451. The lowest BCUT2D eigenvalue weighted by atomic mass is 10.1. The van der Waals surface area contributed by atoms with Crippen LogP contribution in [0, 0.1) is 0 Å². The Morgan fingerprint density at radius 1 is 0.917 bits per heavy atom. The van der Waals surface area contributed by atoms with Crippen molar-refractivity contribution in [3.8, 4) is 17.2 Å². The van der Waals surface area contributed by atoms with E-state index in [4.69, 9.17) is 14.2 Å². The van der Waals surface area contributed by atoms with E-state index in [9.17, 15) is 0 Å². The van der Waals surface area contributed by atoms with E-state index < -0.39 is 0 Å². The average molecular weight is 335 g/mol. The molecule has 1 heterocycles. The first-order chi connectivity index (χ1) is 11.9. The Labute approximate surface area is 146 Å². The van der Waals surface area contributed by atoms with Crippen molar-refractivity contribution in [1.82, 2.24) is 5.32 Å². The summed E-state index contributed by atoms with van der Waals surface area (Å²) in [5.41, 5.74) is 0. The predicted octanol–water partition coefficient (Wildman–Crippen LogP) is 4.57.